The molecular weight excluding hydrogens is 728 g/mol. The molecule has 3 saturated heterocycles. The first-order valence-electron chi connectivity index (χ1n) is 17.5. The van der Waals surface area contributed by atoms with Crippen LogP contribution in [0.3, 0.4) is 0 Å². The minimum Gasteiger partial charge on any atom is -0.449 e. The average Bonchev–Trinajstić information content (AvgIpc) is 3.90. The van der Waals surface area contributed by atoms with Crippen LogP contribution >= 0.6 is 36.0 Å². The van der Waals surface area contributed by atoms with Crippen LogP contribution in [0.2, 0.25) is 5.02 Å². The molecule has 2 aromatic heterocycles. The Kier molecular flexibility index (Phi) is 10.0. The van der Waals surface area contributed by atoms with Crippen molar-refractivity contribution in [2.75, 3.05) is 31.7 Å². The predicted molar refractivity (Wildman–Crippen MR) is 201 cm³/mol. The number of likely N-dealkylation sites (tertiary alicyclic amines) is 1. The lowest BCUT2D eigenvalue weighted by Gasteiger charge is -2.40. The third kappa shape index (κ3) is 6.24. The van der Waals surface area contributed by atoms with Crippen LogP contribution in [0.1, 0.15) is 69.8 Å². The van der Waals surface area contributed by atoms with Gasteiger partial charge >= 0.3 is 12.2 Å². The van der Waals surface area contributed by atoms with Crippen LogP contribution < -0.4 is 0 Å². The first-order chi connectivity index (χ1) is 24.9. The van der Waals surface area contributed by atoms with E-state index in [9.17, 15) is 19.2 Å². The summed E-state index contributed by atoms with van der Waals surface area (Å²) < 4.78 is 45.6. The lowest BCUT2D eigenvalue weighted by molar-refractivity contribution is 0.0208. The fraction of sp³-hybridized carbons (Fsp3) is 0.474. The molecule has 9 nitrogen and oxygen atoms in total. The van der Waals surface area contributed by atoms with Crippen LogP contribution in [0.15, 0.2) is 35.4 Å². The van der Waals surface area contributed by atoms with Gasteiger partial charge in [0.2, 0.25) is 0 Å². The Balaban J connectivity index is 1.50. The number of carbonyl (C=O) groups excluding carboxylic acids is 2. The van der Waals surface area contributed by atoms with Gasteiger partial charge in [0, 0.05) is 58.8 Å². The summed E-state index contributed by atoms with van der Waals surface area (Å²) >= 11 is 12.0. The number of aromatic nitrogens is 2. The van der Waals surface area contributed by atoms with E-state index in [0.29, 0.717) is 41.2 Å². The summed E-state index contributed by atoms with van der Waals surface area (Å²) in [6.07, 6.45) is 3.60. The van der Waals surface area contributed by atoms with E-state index in [1.807, 2.05) is 33.1 Å². The summed E-state index contributed by atoms with van der Waals surface area (Å²) in [5, 5.41) is 11.3. The Morgan fingerprint density at radius 2 is 1.96 bits per heavy atom. The van der Waals surface area contributed by atoms with Crippen LogP contribution in [0.5, 0.6) is 0 Å². The Morgan fingerprint density at radius 1 is 1.17 bits per heavy atom. The zero-order chi connectivity index (χ0) is 37.1. The van der Waals surface area contributed by atoms with Crippen molar-refractivity contribution < 1.29 is 27.8 Å². The molecule has 52 heavy (non-hydrogen) atoms. The fourth-order valence-corrected chi connectivity index (χ4v) is 9.12. The van der Waals surface area contributed by atoms with E-state index < -0.39 is 23.3 Å². The largest absolute Gasteiger partial charge is 0.449 e. The highest BCUT2D eigenvalue weighted by atomic mass is 35.5. The van der Waals surface area contributed by atoms with Gasteiger partial charge in [-0.2, -0.15) is 17.9 Å². The minimum absolute atomic E-state index is 0.0888. The van der Waals surface area contributed by atoms with Crippen LogP contribution in [-0.4, -0.2) is 74.9 Å². The van der Waals surface area contributed by atoms with Crippen molar-refractivity contribution in [3.05, 3.63) is 58.2 Å². The van der Waals surface area contributed by atoms with Gasteiger partial charge in [0.25, 0.3) is 0 Å². The van der Waals surface area contributed by atoms with Crippen molar-refractivity contribution in [3.63, 3.8) is 0 Å². The number of carbonyl (C=O) groups is 2. The Bertz CT molecular complexity index is 2130. The zero-order valence-electron chi connectivity index (χ0n) is 29.4. The van der Waals surface area contributed by atoms with E-state index >= 15 is 4.39 Å². The lowest BCUT2D eigenvalue weighted by Crippen LogP contribution is -2.45. The molecule has 5 heterocycles. The number of rotatable bonds is 8. The van der Waals surface area contributed by atoms with E-state index in [-0.39, 0.29) is 71.3 Å². The Hall–Kier alpha value is -3.73. The van der Waals surface area contributed by atoms with Gasteiger partial charge in [-0.3, -0.25) is 4.90 Å². The van der Waals surface area contributed by atoms with Gasteiger partial charge < -0.3 is 18.9 Å². The smallest absolute Gasteiger partial charge is 0.410 e. The molecule has 8 rings (SSSR count). The first-order valence-corrected chi connectivity index (χ1v) is 19.7. The Labute approximate surface area is 316 Å². The number of amides is 2. The molecule has 0 N–H and O–H groups in total. The van der Waals surface area contributed by atoms with Crippen LogP contribution in [-0.2, 0) is 15.9 Å². The third-order valence-electron chi connectivity index (χ3n) is 10.3. The fourth-order valence-electron chi connectivity index (χ4n) is 8.25. The Morgan fingerprint density at radius 3 is 2.67 bits per heavy atom. The zero-order valence-corrected chi connectivity index (χ0v) is 31.9. The minimum atomic E-state index is -0.680. The third-order valence-corrected chi connectivity index (χ3v) is 11.6. The molecule has 2 aromatic carbocycles. The van der Waals surface area contributed by atoms with Crippen molar-refractivity contribution in [2.24, 2.45) is 5.92 Å². The number of fused-ring (bicyclic) bond motifs is 4. The monoisotopic (exact) mass is 767 g/mol. The summed E-state index contributed by atoms with van der Waals surface area (Å²) in [4.78, 5) is 35.3. The number of benzene rings is 2. The summed E-state index contributed by atoms with van der Waals surface area (Å²) in [5.74, 6) is -0.852. The lowest BCUT2D eigenvalue weighted by atomic mass is 9.79. The maximum Gasteiger partial charge on any atom is 0.410 e. The van der Waals surface area contributed by atoms with E-state index in [1.165, 1.54) is 23.9 Å². The van der Waals surface area contributed by atoms with Crippen molar-refractivity contribution in [2.45, 2.75) is 81.6 Å². The second-order valence-electron chi connectivity index (χ2n) is 14.6. The SMILES string of the molecule is CSc1nc2c(F)c(-c3cccc(F)c3Cl)c(CCC#N)cc2c2c1cc([C@H]1CCCN1C(=O)OCCS)n2[C@H]1[C@@H]2C[C@H]1N(C(=O)OC(C)(C)C)C2. The van der Waals surface area contributed by atoms with Crippen molar-refractivity contribution in [1.29, 1.82) is 5.26 Å². The maximum atomic E-state index is 17.2. The van der Waals surface area contributed by atoms with Gasteiger partial charge in [-0.1, -0.05) is 23.7 Å². The number of thioether (sulfide) groups is 1. The number of ether oxygens (including phenoxy) is 2. The van der Waals surface area contributed by atoms with Gasteiger partial charge in [-0.05, 0) is 76.5 Å². The quantitative estimate of drug-likeness (QED) is 0.141. The molecule has 14 heteroatoms. The summed E-state index contributed by atoms with van der Waals surface area (Å²) in [7, 11) is 0. The standard InChI is InChI=1S/C38H40ClF2N5O4S2/c1-38(2,3)50-37(48)45-19-21-17-28(45)33(21)46-27(26-11-7-13-44(26)36(47)49-14-15-51)18-24-34(46)23-16-20(8-6-12-42)29(22-9-5-10-25(40)30(22)39)31(41)32(23)43-35(24)52-4/h5,9-10,16,18,21,26,28,33,51H,6-8,11,13-15,17,19H2,1-4H3/t21-,26-,28-,33+/m1/s1. The van der Waals surface area contributed by atoms with Crippen LogP contribution in [0.25, 0.3) is 32.9 Å². The molecule has 1 saturated carbocycles. The number of hydrogen-bond donors (Lipinski definition) is 1. The number of thiol groups is 1. The van der Waals surface area contributed by atoms with Gasteiger partial charge in [-0.15, -0.1) is 11.8 Å². The molecule has 0 radical (unpaired) electrons. The topological polar surface area (TPSA) is 101 Å². The predicted octanol–water partition coefficient (Wildman–Crippen LogP) is 9.35. The van der Waals surface area contributed by atoms with Gasteiger partial charge in [-0.25, -0.2) is 23.4 Å². The second-order valence-corrected chi connectivity index (χ2v) is 16.2. The summed E-state index contributed by atoms with van der Waals surface area (Å²) in [6.45, 7) is 6.72. The molecule has 4 atom stereocenters. The van der Waals surface area contributed by atoms with Crippen LogP contribution in [0, 0.1) is 28.9 Å². The van der Waals surface area contributed by atoms with E-state index in [2.05, 4.69) is 29.3 Å². The molecule has 2 bridgehead atoms. The molecule has 1 aliphatic carbocycles. The highest BCUT2D eigenvalue weighted by molar-refractivity contribution is 7.98. The van der Waals surface area contributed by atoms with Crippen LogP contribution in [0.4, 0.5) is 18.4 Å². The van der Waals surface area contributed by atoms with Gasteiger partial charge in [0.05, 0.1) is 34.7 Å². The van der Waals surface area contributed by atoms with Gasteiger partial charge in [0.1, 0.15) is 28.6 Å². The number of halogens is 3. The molecule has 274 valence electrons. The number of pyridine rings is 1. The first kappa shape index (κ1) is 36.6. The molecular formula is C38H40ClF2N5O4S2. The van der Waals surface area contributed by atoms with E-state index in [0.717, 1.165) is 29.4 Å². The molecule has 4 aliphatic rings. The average molecular weight is 768 g/mol. The second kappa shape index (κ2) is 14.3. The number of nitriles is 1. The number of hydrogen-bond acceptors (Lipinski definition) is 8. The number of aryl methyl sites for hydroxylation is 1. The van der Waals surface area contributed by atoms with Gasteiger partial charge in [0.15, 0.2) is 5.82 Å². The molecule has 4 aromatic rings. The van der Waals surface area contributed by atoms with E-state index in [1.54, 1.807) is 15.9 Å². The van der Waals surface area contributed by atoms with E-state index in [4.69, 9.17) is 26.1 Å². The molecule has 2 amide bonds. The highest BCUT2D eigenvalue weighted by Gasteiger charge is 2.57. The molecule has 0 spiro atoms. The normalized spacial score (nSPS) is 21.1. The highest BCUT2D eigenvalue weighted by Crippen LogP contribution is 2.54. The van der Waals surface area contributed by atoms with Crippen molar-refractivity contribution in [3.8, 4) is 17.2 Å². The number of nitrogens with zero attached hydrogens (tertiary/aromatic N) is 5. The maximum absolute atomic E-state index is 17.2. The van der Waals surface area contributed by atoms with Crippen molar-refractivity contribution in [1.82, 2.24) is 19.4 Å². The molecule has 0 unspecified atom stereocenters. The molecule has 3 aliphatic heterocycles. The van der Waals surface area contributed by atoms with Crippen molar-refractivity contribution >= 4 is 70.0 Å². The molecule has 4 fully saturated rings. The summed E-state index contributed by atoms with van der Waals surface area (Å²) in [5.41, 5.74) is 1.81. The summed E-state index contributed by atoms with van der Waals surface area (Å²) in [6, 6.07) is 9.63.